The van der Waals surface area contributed by atoms with Crippen LogP contribution in [0.25, 0.3) is 0 Å². The Morgan fingerprint density at radius 1 is 1.60 bits per heavy atom. The van der Waals surface area contributed by atoms with E-state index < -0.39 is 0 Å². The fraction of sp³-hybridized carbons (Fsp3) is 0.667. The summed E-state index contributed by atoms with van der Waals surface area (Å²) < 4.78 is 0. The molecule has 0 amide bonds. The van der Waals surface area contributed by atoms with Gasteiger partial charge in [0.1, 0.15) is 0 Å². The van der Waals surface area contributed by atoms with Crippen LogP contribution in [0.1, 0.15) is 37.8 Å². The minimum absolute atomic E-state index is 0.0479. The third-order valence-corrected chi connectivity index (χ3v) is 3.97. The molecule has 2 nitrogen and oxygen atoms in total. The van der Waals surface area contributed by atoms with E-state index in [9.17, 15) is 5.11 Å². The summed E-state index contributed by atoms with van der Waals surface area (Å²) in [5.41, 5.74) is 1.37. The number of hydrogen-bond donors (Lipinski definition) is 2. The van der Waals surface area contributed by atoms with E-state index in [1.54, 1.807) is 11.3 Å². The number of aliphatic hydroxyl groups excluding tert-OH is 1. The molecular formula is C12H19NOS. The summed E-state index contributed by atoms with van der Waals surface area (Å²) in [5, 5.41) is 17.3. The number of aliphatic hydroxyl groups is 1. The molecule has 0 saturated heterocycles. The zero-order chi connectivity index (χ0) is 10.7. The van der Waals surface area contributed by atoms with E-state index in [-0.39, 0.29) is 6.10 Å². The molecule has 1 aliphatic rings. The van der Waals surface area contributed by atoms with Gasteiger partial charge < -0.3 is 10.4 Å². The average molecular weight is 225 g/mol. The van der Waals surface area contributed by atoms with Crippen molar-refractivity contribution in [2.24, 2.45) is 5.92 Å². The van der Waals surface area contributed by atoms with Crippen LogP contribution >= 0.6 is 11.3 Å². The predicted octanol–water partition coefficient (Wildman–Crippen LogP) is 2.56. The highest BCUT2D eigenvalue weighted by molar-refractivity contribution is 7.07. The van der Waals surface area contributed by atoms with Crippen LogP contribution < -0.4 is 5.32 Å². The zero-order valence-electron chi connectivity index (χ0n) is 9.15. The first-order valence-electron chi connectivity index (χ1n) is 5.69. The lowest BCUT2D eigenvalue weighted by Crippen LogP contribution is -2.24. The SMILES string of the molecule is CC(NCC1CCC(O)C1)c1ccsc1. The topological polar surface area (TPSA) is 32.3 Å². The lowest BCUT2D eigenvalue weighted by atomic mass is 10.1. The second-order valence-corrected chi connectivity index (χ2v) is 5.30. The van der Waals surface area contributed by atoms with Crippen molar-refractivity contribution < 1.29 is 5.11 Å². The van der Waals surface area contributed by atoms with Gasteiger partial charge in [-0.2, -0.15) is 11.3 Å². The van der Waals surface area contributed by atoms with E-state index in [1.807, 2.05) is 0 Å². The number of thiophene rings is 1. The number of rotatable bonds is 4. The van der Waals surface area contributed by atoms with Crippen LogP contribution in [0.5, 0.6) is 0 Å². The molecule has 0 radical (unpaired) electrons. The first kappa shape index (κ1) is 11.1. The molecule has 1 fully saturated rings. The summed E-state index contributed by atoms with van der Waals surface area (Å²) in [5.74, 6) is 0.668. The molecule has 1 heterocycles. The van der Waals surface area contributed by atoms with Crippen molar-refractivity contribution in [2.45, 2.75) is 38.3 Å². The van der Waals surface area contributed by atoms with E-state index in [2.05, 4.69) is 29.1 Å². The van der Waals surface area contributed by atoms with Gasteiger partial charge >= 0.3 is 0 Å². The van der Waals surface area contributed by atoms with E-state index in [4.69, 9.17) is 0 Å². The Morgan fingerprint density at radius 3 is 3.07 bits per heavy atom. The smallest absolute Gasteiger partial charge is 0.0543 e. The van der Waals surface area contributed by atoms with E-state index in [0.717, 1.165) is 19.4 Å². The second-order valence-electron chi connectivity index (χ2n) is 4.52. The Bertz CT molecular complexity index is 286. The first-order chi connectivity index (χ1) is 7.25. The molecule has 0 aliphatic heterocycles. The van der Waals surface area contributed by atoms with Crippen molar-refractivity contribution in [1.29, 1.82) is 0 Å². The summed E-state index contributed by atoms with van der Waals surface area (Å²) in [4.78, 5) is 0. The first-order valence-corrected chi connectivity index (χ1v) is 6.63. The summed E-state index contributed by atoms with van der Waals surface area (Å²) in [7, 11) is 0. The van der Waals surface area contributed by atoms with Gasteiger partial charge in [-0.15, -0.1) is 0 Å². The van der Waals surface area contributed by atoms with E-state index >= 15 is 0 Å². The minimum Gasteiger partial charge on any atom is -0.393 e. The van der Waals surface area contributed by atoms with Crippen LogP contribution in [0, 0.1) is 5.92 Å². The summed E-state index contributed by atoms with van der Waals surface area (Å²) in [6, 6.07) is 2.61. The lowest BCUT2D eigenvalue weighted by Gasteiger charge is -2.16. The van der Waals surface area contributed by atoms with Gasteiger partial charge in [-0.1, -0.05) is 0 Å². The van der Waals surface area contributed by atoms with Gasteiger partial charge in [0.25, 0.3) is 0 Å². The third kappa shape index (κ3) is 3.03. The number of nitrogens with one attached hydrogen (secondary N) is 1. The molecule has 3 unspecified atom stereocenters. The maximum Gasteiger partial charge on any atom is 0.0543 e. The molecule has 0 bridgehead atoms. The Balaban J connectivity index is 1.74. The Hall–Kier alpha value is -0.380. The van der Waals surface area contributed by atoms with Crippen molar-refractivity contribution >= 4 is 11.3 Å². The van der Waals surface area contributed by atoms with Crippen LogP contribution in [0.4, 0.5) is 0 Å². The van der Waals surface area contributed by atoms with E-state index in [1.165, 1.54) is 12.0 Å². The molecule has 3 atom stereocenters. The van der Waals surface area contributed by atoms with Gasteiger partial charge in [-0.3, -0.25) is 0 Å². The molecule has 1 aliphatic carbocycles. The Kier molecular flexibility index (Phi) is 3.78. The number of hydrogen-bond acceptors (Lipinski definition) is 3. The molecule has 0 aromatic carbocycles. The van der Waals surface area contributed by atoms with Gasteiger partial charge in [0.15, 0.2) is 0 Å². The van der Waals surface area contributed by atoms with Crippen LogP contribution in [0.3, 0.4) is 0 Å². The van der Waals surface area contributed by atoms with Gasteiger partial charge in [-0.05, 0) is 61.0 Å². The molecule has 0 spiro atoms. The van der Waals surface area contributed by atoms with E-state index in [0.29, 0.717) is 12.0 Å². The van der Waals surface area contributed by atoms with Gasteiger partial charge in [-0.25, -0.2) is 0 Å². The summed E-state index contributed by atoms with van der Waals surface area (Å²) in [6.07, 6.45) is 3.08. The predicted molar refractivity (Wildman–Crippen MR) is 64.1 cm³/mol. The fourth-order valence-electron chi connectivity index (χ4n) is 2.22. The molecular weight excluding hydrogens is 206 g/mol. The third-order valence-electron chi connectivity index (χ3n) is 3.27. The van der Waals surface area contributed by atoms with Crippen molar-refractivity contribution in [3.05, 3.63) is 22.4 Å². The lowest BCUT2D eigenvalue weighted by molar-refractivity contribution is 0.177. The monoisotopic (exact) mass is 225 g/mol. The minimum atomic E-state index is -0.0479. The van der Waals surface area contributed by atoms with Crippen molar-refractivity contribution in [1.82, 2.24) is 5.32 Å². The Morgan fingerprint density at radius 2 is 2.47 bits per heavy atom. The normalized spacial score (nSPS) is 28.1. The molecule has 15 heavy (non-hydrogen) atoms. The van der Waals surface area contributed by atoms with Crippen LogP contribution in [-0.2, 0) is 0 Å². The molecule has 84 valence electrons. The highest BCUT2D eigenvalue weighted by Crippen LogP contribution is 2.25. The maximum atomic E-state index is 9.42. The zero-order valence-corrected chi connectivity index (χ0v) is 9.96. The average Bonchev–Trinajstić information content (AvgIpc) is 2.84. The molecule has 1 aromatic rings. The van der Waals surface area contributed by atoms with Crippen LogP contribution in [0.2, 0.25) is 0 Å². The molecule has 2 N–H and O–H groups in total. The molecule has 2 rings (SSSR count). The summed E-state index contributed by atoms with van der Waals surface area (Å²) in [6.45, 7) is 3.24. The molecule has 1 saturated carbocycles. The quantitative estimate of drug-likeness (QED) is 0.825. The fourth-order valence-corrected chi connectivity index (χ4v) is 2.97. The highest BCUT2D eigenvalue weighted by Gasteiger charge is 2.22. The highest BCUT2D eigenvalue weighted by atomic mass is 32.1. The van der Waals surface area contributed by atoms with Crippen molar-refractivity contribution in [2.75, 3.05) is 6.54 Å². The van der Waals surface area contributed by atoms with Gasteiger partial charge in [0.05, 0.1) is 6.10 Å². The molecule has 3 heteroatoms. The van der Waals surface area contributed by atoms with Gasteiger partial charge in [0, 0.05) is 6.04 Å². The largest absolute Gasteiger partial charge is 0.393 e. The second kappa shape index (κ2) is 5.10. The van der Waals surface area contributed by atoms with Gasteiger partial charge in [0.2, 0.25) is 0 Å². The van der Waals surface area contributed by atoms with Crippen molar-refractivity contribution in [3.8, 4) is 0 Å². The standard InChI is InChI=1S/C12H19NOS/c1-9(11-4-5-15-8-11)13-7-10-2-3-12(14)6-10/h4-5,8-10,12-14H,2-3,6-7H2,1H3. The Labute approximate surface area is 95.3 Å². The molecule has 1 aromatic heterocycles. The van der Waals surface area contributed by atoms with Crippen molar-refractivity contribution in [3.63, 3.8) is 0 Å². The maximum absolute atomic E-state index is 9.42. The summed E-state index contributed by atoms with van der Waals surface area (Å²) >= 11 is 1.75. The van der Waals surface area contributed by atoms with Crippen LogP contribution in [-0.4, -0.2) is 17.8 Å². The van der Waals surface area contributed by atoms with Crippen LogP contribution in [0.15, 0.2) is 16.8 Å².